The van der Waals surface area contributed by atoms with Gasteiger partial charge in [0, 0.05) is 0 Å². The van der Waals surface area contributed by atoms with Crippen LogP contribution in [-0.4, -0.2) is 14.8 Å². The molecule has 104 valence electrons. The first-order chi connectivity index (χ1) is 9.68. The van der Waals surface area contributed by atoms with E-state index < -0.39 is 0 Å². The zero-order valence-electron chi connectivity index (χ0n) is 11.4. The standard InChI is InChI=1S/C12H8ClN3O2.C2H6/c1-7-10(17)8-3-2-4-9(13)11(8)18-12(7)16-6-14-5-15-16;1-2/h2-6H,1H3;1-2H3. The van der Waals surface area contributed by atoms with Crippen LogP contribution in [0.3, 0.4) is 0 Å². The van der Waals surface area contributed by atoms with E-state index in [2.05, 4.69) is 10.1 Å². The Bertz CT molecular complexity index is 779. The molecule has 0 fully saturated rings. The molecule has 0 aliphatic heterocycles. The first-order valence-corrected chi connectivity index (χ1v) is 6.63. The van der Waals surface area contributed by atoms with Crippen LogP contribution >= 0.6 is 11.6 Å². The van der Waals surface area contributed by atoms with Crippen LogP contribution in [0.5, 0.6) is 0 Å². The van der Waals surface area contributed by atoms with E-state index in [-0.39, 0.29) is 5.43 Å². The van der Waals surface area contributed by atoms with Crippen molar-refractivity contribution in [1.29, 1.82) is 0 Å². The molecule has 0 radical (unpaired) electrons. The Balaban J connectivity index is 0.000000704. The van der Waals surface area contributed by atoms with Crippen LogP contribution in [0.2, 0.25) is 5.02 Å². The van der Waals surface area contributed by atoms with E-state index in [1.54, 1.807) is 25.1 Å². The highest BCUT2D eigenvalue weighted by atomic mass is 35.5. The van der Waals surface area contributed by atoms with Gasteiger partial charge in [-0.2, -0.15) is 9.78 Å². The molecule has 0 atom stereocenters. The minimum atomic E-state index is -0.121. The smallest absolute Gasteiger partial charge is 0.228 e. The molecule has 1 aromatic carbocycles. The van der Waals surface area contributed by atoms with Gasteiger partial charge in [-0.1, -0.05) is 31.5 Å². The van der Waals surface area contributed by atoms with Crippen molar-refractivity contribution >= 4 is 22.6 Å². The maximum Gasteiger partial charge on any atom is 0.228 e. The Morgan fingerprint density at radius 3 is 2.70 bits per heavy atom. The van der Waals surface area contributed by atoms with Crippen LogP contribution in [0.15, 0.2) is 40.1 Å². The highest BCUT2D eigenvalue weighted by Gasteiger charge is 2.14. The third-order valence-corrected chi connectivity index (χ3v) is 3.00. The lowest BCUT2D eigenvalue weighted by Gasteiger charge is -2.06. The van der Waals surface area contributed by atoms with E-state index in [0.717, 1.165) is 0 Å². The minimum absolute atomic E-state index is 0.121. The summed E-state index contributed by atoms with van der Waals surface area (Å²) < 4.78 is 7.08. The van der Waals surface area contributed by atoms with Crippen molar-refractivity contribution in [3.8, 4) is 5.88 Å². The van der Waals surface area contributed by atoms with Gasteiger partial charge in [0.25, 0.3) is 0 Å². The number of aromatic nitrogens is 3. The Kier molecular flexibility index (Phi) is 4.20. The second kappa shape index (κ2) is 5.88. The zero-order valence-corrected chi connectivity index (χ0v) is 12.2. The summed E-state index contributed by atoms with van der Waals surface area (Å²) in [6.45, 7) is 5.68. The monoisotopic (exact) mass is 291 g/mol. The van der Waals surface area contributed by atoms with Crippen LogP contribution in [0.25, 0.3) is 16.9 Å². The number of halogens is 1. The van der Waals surface area contributed by atoms with Crippen molar-refractivity contribution in [2.24, 2.45) is 0 Å². The molecule has 3 rings (SSSR count). The molecule has 0 spiro atoms. The van der Waals surface area contributed by atoms with Crippen LogP contribution in [-0.2, 0) is 0 Å². The van der Waals surface area contributed by atoms with Gasteiger partial charge in [-0.3, -0.25) is 4.79 Å². The van der Waals surface area contributed by atoms with Crippen LogP contribution in [0.4, 0.5) is 0 Å². The normalized spacial score (nSPS) is 10.2. The van der Waals surface area contributed by atoms with Crippen molar-refractivity contribution in [1.82, 2.24) is 14.8 Å². The summed E-state index contributed by atoms with van der Waals surface area (Å²) in [4.78, 5) is 16.0. The average Bonchev–Trinajstić information content (AvgIpc) is 2.99. The second-order valence-corrected chi connectivity index (χ2v) is 4.23. The number of benzene rings is 1. The van der Waals surface area contributed by atoms with E-state index in [9.17, 15) is 4.79 Å². The molecular formula is C14H14ClN3O2. The molecule has 0 unspecified atom stereocenters. The van der Waals surface area contributed by atoms with Gasteiger partial charge in [-0.05, 0) is 19.1 Å². The van der Waals surface area contributed by atoms with Gasteiger partial charge in [-0.25, -0.2) is 4.98 Å². The van der Waals surface area contributed by atoms with Gasteiger partial charge in [-0.15, -0.1) is 0 Å². The van der Waals surface area contributed by atoms with Crippen LogP contribution < -0.4 is 5.43 Å². The van der Waals surface area contributed by atoms with E-state index in [4.69, 9.17) is 16.0 Å². The number of hydrogen-bond acceptors (Lipinski definition) is 4. The fourth-order valence-electron chi connectivity index (χ4n) is 1.80. The van der Waals surface area contributed by atoms with Gasteiger partial charge < -0.3 is 4.42 Å². The van der Waals surface area contributed by atoms with Crippen LogP contribution in [0, 0.1) is 6.92 Å². The topological polar surface area (TPSA) is 60.9 Å². The number of para-hydroxylation sites is 1. The van der Waals surface area contributed by atoms with Gasteiger partial charge in [0.2, 0.25) is 5.88 Å². The molecule has 3 aromatic rings. The predicted molar refractivity (Wildman–Crippen MR) is 78.5 cm³/mol. The molecule has 2 aromatic heterocycles. The van der Waals surface area contributed by atoms with Crippen molar-refractivity contribution in [2.75, 3.05) is 0 Å². The molecule has 0 aliphatic carbocycles. The maximum atomic E-state index is 12.2. The molecule has 0 amide bonds. The highest BCUT2D eigenvalue weighted by molar-refractivity contribution is 6.34. The van der Waals surface area contributed by atoms with E-state index in [1.165, 1.54) is 17.3 Å². The lowest BCUT2D eigenvalue weighted by molar-refractivity contribution is 0.542. The largest absolute Gasteiger partial charge is 0.436 e. The SMILES string of the molecule is CC.Cc1c(-n2cncn2)oc2c(Cl)cccc2c1=O. The second-order valence-electron chi connectivity index (χ2n) is 3.82. The third-order valence-electron chi connectivity index (χ3n) is 2.70. The molecule has 5 nitrogen and oxygen atoms in total. The highest BCUT2D eigenvalue weighted by Crippen LogP contribution is 2.24. The maximum absolute atomic E-state index is 12.2. The summed E-state index contributed by atoms with van der Waals surface area (Å²) in [6, 6.07) is 5.08. The summed E-state index contributed by atoms with van der Waals surface area (Å²) in [6.07, 6.45) is 2.84. The van der Waals surface area contributed by atoms with Crippen molar-refractivity contribution in [3.05, 3.63) is 51.7 Å². The third kappa shape index (κ3) is 2.32. The molecule has 0 bridgehead atoms. The lowest BCUT2D eigenvalue weighted by Crippen LogP contribution is -2.11. The van der Waals surface area contributed by atoms with Gasteiger partial charge in [0.15, 0.2) is 11.0 Å². The predicted octanol–water partition coefficient (Wildman–Crippen LogP) is 3.36. The summed E-state index contributed by atoms with van der Waals surface area (Å²) in [5, 5.41) is 4.81. The number of rotatable bonds is 1. The summed E-state index contributed by atoms with van der Waals surface area (Å²) in [7, 11) is 0. The van der Waals surface area contributed by atoms with E-state index in [0.29, 0.717) is 27.4 Å². The Labute approximate surface area is 120 Å². The summed E-state index contributed by atoms with van der Waals surface area (Å²) in [5.41, 5.74) is 0.708. The molecule has 0 saturated carbocycles. The lowest BCUT2D eigenvalue weighted by atomic mass is 10.2. The van der Waals surface area contributed by atoms with Crippen molar-refractivity contribution < 1.29 is 4.42 Å². The molecule has 6 heteroatoms. The quantitative estimate of drug-likeness (QED) is 0.690. The van der Waals surface area contributed by atoms with Gasteiger partial charge in [0.05, 0.1) is 16.0 Å². The molecular weight excluding hydrogens is 278 g/mol. The van der Waals surface area contributed by atoms with Crippen molar-refractivity contribution in [3.63, 3.8) is 0 Å². The number of nitrogens with zero attached hydrogens (tertiary/aromatic N) is 3. The first-order valence-electron chi connectivity index (χ1n) is 6.25. The van der Waals surface area contributed by atoms with E-state index >= 15 is 0 Å². The Morgan fingerprint density at radius 1 is 1.30 bits per heavy atom. The molecule has 0 saturated heterocycles. The minimum Gasteiger partial charge on any atom is -0.436 e. The summed E-state index contributed by atoms with van der Waals surface area (Å²) >= 11 is 6.04. The number of hydrogen-bond donors (Lipinski definition) is 0. The molecule has 2 heterocycles. The molecule has 0 aliphatic rings. The Hall–Kier alpha value is -2.14. The van der Waals surface area contributed by atoms with Crippen molar-refractivity contribution in [2.45, 2.75) is 20.8 Å². The fourth-order valence-corrected chi connectivity index (χ4v) is 2.01. The number of fused-ring (bicyclic) bond motifs is 1. The van der Waals surface area contributed by atoms with Gasteiger partial charge in [0.1, 0.15) is 12.7 Å². The average molecular weight is 292 g/mol. The van der Waals surface area contributed by atoms with Gasteiger partial charge >= 0.3 is 0 Å². The fraction of sp³-hybridized carbons (Fsp3) is 0.214. The summed E-state index contributed by atoms with van der Waals surface area (Å²) in [5.74, 6) is 0.332. The van der Waals surface area contributed by atoms with Crippen LogP contribution in [0.1, 0.15) is 19.4 Å². The molecule has 0 N–H and O–H groups in total. The Morgan fingerprint density at radius 2 is 2.05 bits per heavy atom. The zero-order chi connectivity index (χ0) is 14.7. The molecule has 20 heavy (non-hydrogen) atoms. The van der Waals surface area contributed by atoms with E-state index in [1.807, 2.05) is 13.8 Å². The first kappa shape index (κ1) is 14.3.